The molecule has 0 saturated heterocycles. The Morgan fingerprint density at radius 3 is 2.69 bits per heavy atom. The van der Waals surface area contributed by atoms with Crippen LogP contribution in [0, 0.1) is 30.7 Å². The molecule has 6 heteroatoms. The molecule has 0 fully saturated rings. The van der Waals surface area contributed by atoms with E-state index < -0.39 is 11.6 Å². The standard InChI is InChI=1S/C18H12F2N.C11H10N2.Ir/c1-12-9-18(15-10-14(19)7-8-17(15)20)21-11-16(12)13-5-3-2-4-6-13;1-2-4-10-9(3-1)5-7-13-8-6-12-11(10)13;/h2-9,11H,1H3;1-3,6,8,11H,5,7H2;/q-1;-2;+3. The molecule has 4 aromatic rings. The van der Waals surface area contributed by atoms with Crippen molar-refractivity contribution in [1.82, 2.24) is 9.88 Å². The molecule has 3 nitrogen and oxygen atoms in total. The van der Waals surface area contributed by atoms with Crippen LogP contribution in [0.5, 0.6) is 0 Å². The second kappa shape index (κ2) is 10.9. The summed E-state index contributed by atoms with van der Waals surface area (Å²) in [7, 11) is 0. The topological polar surface area (TPSA) is 30.2 Å². The largest absolute Gasteiger partial charge is 3.00 e. The summed E-state index contributed by atoms with van der Waals surface area (Å²) in [6.07, 6.45) is 6.96. The van der Waals surface area contributed by atoms with E-state index in [1.807, 2.05) is 49.5 Å². The summed E-state index contributed by atoms with van der Waals surface area (Å²) in [6, 6.07) is 25.5. The predicted molar refractivity (Wildman–Crippen MR) is 130 cm³/mol. The van der Waals surface area contributed by atoms with Gasteiger partial charge in [0.1, 0.15) is 0 Å². The molecular formula is C29H22F2IrN3. The van der Waals surface area contributed by atoms with Crippen molar-refractivity contribution < 1.29 is 28.9 Å². The number of benzene rings is 3. The predicted octanol–water partition coefficient (Wildman–Crippen LogP) is 7.00. The molecular weight excluding hydrogens is 621 g/mol. The molecule has 3 aromatic carbocycles. The number of hydrogen-bond donors (Lipinski definition) is 0. The summed E-state index contributed by atoms with van der Waals surface area (Å²) >= 11 is 0. The Labute approximate surface area is 217 Å². The first-order valence-corrected chi connectivity index (χ1v) is 11.1. The average molecular weight is 643 g/mol. The Morgan fingerprint density at radius 1 is 1.06 bits per heavy atom. The Bertz CT molecular complexity index is 1340. The molecule has 0 radical (unpaired) electrons. The maximum atomic E-state index is 13.8. The van der Waals surface area contributed by atoms with Gasteiger partial charge in [0.2, 0.25) is 0 Å². The van der Waals surface area contributed by atoms with Gasteiger partial charge in [0.15, 0.2) is 0 Å². The summed E-state index contributed by atoms with van der Waals surface area (Å²) in [5, 5.41) is 4.41. The monoisotopic (exact) mass is 643 g/mol. The van der Waals surface area contributed by atoms with Crippen molar-refractivity contribution in [3.05, 3.63) is 131 Å². The van der Waals surface area contributed by atoms with E-state index in [-0.39, 0.29) is 31.8 Å². The smallest absolute Gasteiger partial charge is 0.668 e. The summed E-state index contributed by atoms with van der Waals surface area (Å²) in [5.41, 5.74) is 6.04. The molecule has 6 rings (SSSR count). The van der Waals surface area contributed by atoms with Crippen LogP contribution < -0.4 is 0 Å². The van der Waals surface area contributed by atoms with Crippen molar-refractivity contribution in [2.24, 2.45) is 0 Å². The fourth-order valence-corrected chi connectivity index (χ4v) is 4.25. The van der Waals surface area contributed by atoms with Crippen LogP contribution in [0.1, 0.15) is 22.9 Å². The zero-order chi connectivity index (χ0) is 23.5. The van der Waals surface area contributed by atoms with E-state index >= 15 is 0 Å². The van der Waals surface area contributed by atoms with E-state index in [9.17, 15) is 8.78 Å². The molecule has 3 heterocycles. The Kier molecular flexibility index (Phi) is 7.74. The van der Waals surface area contributed by atoms with Crippen LogP contribution in [0.3, 0.4) is 0 Å². The van der Waals surface area contributed by atoms with E-state index in [4.69, 9.17) is 0 Å². The van der Waals surface area contributed by atoms with Gasteiger partial charge in [0.25, 0.3) is 0 Å². The van der Waals surface area contributed by atoms with Gasteiger partial charge in [-0.2, -0.15) is 41.6 Å². The molecule has 1 aromatic heterocycles. The van der Waals surface area contributed by atoms with Gasteiger partial charge in [-0.1, -0.05) is 48.4 Å². The quantitative estimate of drug-likeness (QED) is 0.221. The molecule has 0 aliphatic carbocycles. The van der Waals surface area contributed by atoms with Crippen molar-refractivity contribution in [3.8, 4) is 22.4 Å². The van der Waals surface area contributed by atoms with Crippen molar-refractivity contribution in [1.29, 1.82) is 0 Å². The number of aryl methyl sites for hydroxylation is 1. The molecule has 0 saturated carbocycles. The van der Waals surface area contributed by atoms with E-state index in [2.05, 4.69) is 45.7 Å². The van der Waals surface area contributed by atoms with Crippen LogP contribution in [-0.4, -0.2) is 16.4 Å². The Balaban J connectivity index is 0.000000177. The molecule has 0 spiro atoms. The van der Waals surface area contributed by atoms with E-state index in [0.717, 1.165) is 41.8 Å². The van der Waals surface area contributed by atoms with Crippen molar-refractivity contribution in [2.75, 3.05) is 6.54 Å². The van der Waals surface area contributed by atoms with Gasteiger partial charge in [-0.05, 0) is 36.1 Å². The average Bonchev–Trinajstić information content (AvgIpc) is 3.36. The second-order valence-corrected chi connectivity index (χ2v) is 8.20. The molecule has 176 valence electrons. The number of hydrogen-bond acceptors (Lipinski definition) is 2. The first kappa shape index (κ1) is 24.8. The fourth-order valence-electron chi connectivity index (χ4n) is 4.25. The molecule has 0 amide bonds. The summed E-state index contributed by atoms with van der Waals surface area (Å²) in [4.78, 5) is 6.51. The Morgan fingerprint density at radius 2 is 1.89 bits per heavy atom. The van der Waals surface area contributed by atoms with Crippen LogP contribution in [-0.2, 0) is 26.5 Å². The first-order valence-electron chi connectivity index (χ1n) is 11.1. The summed E-state index contributed by atoms with van der Waals surface area (Å²) in [5.74, 6) is -1.13. The zero-order valence-electron chi connectivity index (χ0n) is 19.0. The van der Waals surface area contributed by atoms with Gasteiger partial charge in [0.05, 0.1) is 0 Å². The molecule has 2 aliphatic heterocycles. The van der Waals surface area contributed by atoms with Crippen molar-refractivity contribution >= 4 is 0 Å². The van der Waals surface area contributed by atoms with Crippen LogP contribution in [0.25, 0.3) is 27.7 Å². The minimum atomic E-state index is -0.599. The summed E-state index contributed by atoms with van der Waals surface area (Å²) < 4.78 is 27.0. The molecule has 0 bridgehead atoms. The number of pyridine rings is 1. The molecule has 1 unspecified atom stereocenters. The van der Waals surface area contributed by atoms with E-state index in [0.29, 0.717) is 5.69 Å². The maximum absolute atomic E-state index is 13.8. The minimum absolute atomic E-state index is 0. The van der Waals surface area contributed by atoms with Crippen molar-refractivity contribution in [2.45, 2.75) is 19.5 Å². The van der Waals surface area contributed by atoms with Gasteiger partial charge in [-0.3, -0.25) is 4.39 Å². The third kappa shape index (κ3) is 5.34. The number of rotatable bonds is 2. The molecule has 0 N–H and O–H groups in total. The van der Waals surface area contributed by atoms with E-state index in [1.165, 1.54) is 11.1 Å². The van der Waals surface area contributed by atoms with E-state index in [1.54, 1.807) is 12.3 Å². The fraction of sp³-hybridized carbons (Fsp3) is 0.138. The number of aromatic nitrogens is 1. The van der Waals surface area contributed by atoms with Gasteiger partial charge < -0.3 is 15.2 Å². The molecule has 2 aliphatic rings. The number of fused-ring (bicyclic) bond motifs is 3. The molecule has 35 heavy (non-hydrogen) atoms. The van der Waals surface area contributed by atoms with Gasteiger partial charge >= 0.3 is 20.1 Å². The number of halogens is 2. The van der Waals surface area contributed by atoms with Crippen LogP contribution in [0.4, 0.5) is 8.78 Å². The Hall–Kier alpha value is -3.34. The van der Waals surface area contributed by atoms with Crippen LogP contribution in [0.2, 0.25) is 0 Å². The maximum Gasteiger partial charge on any atom is 3.00 e. The first-order chi connectivity index (χ1) is 16.6. The van der Waals surface area contributed by atoms with Gasteiger partial charge in [-0.25, -0.2) is 4.39 Å². The molecule has 1 atom stereocenters. The van der Waals surface area contributed by atoms with Gasteiger partial charge in [0, 0.05) is 29.9 Å². The zero-order valence-corrected chi connectivity index (χ0v) is 21.4. The van der Waals surface area contributed by atoms with Crippen LogP contribution >= 0.6 is 0 Å². The SMILES string of the molecule is Cc1cc(-c2[c-]c(F)ccc2F)ncc1-c1ccccc1.[Ir+3].[c-]1cccc2c1C1[N-]C=CN1CC2. The summed E-state index contributed by atoms with van der Waals surface area (Å²) in [6.45, 7) is 3.00. The normalized spacial score (nSPS) is 15.2. The van der Waals surface area contributed by atoms with Crippen LogP contribution in [0.15, 0.2) is 85.3 Å². The third-order valence-corrected chi connectivity index (χ3v) is 5.99. The van der Waals surface area contributed by atoms with Gasteiger partial charge in [-0.15, -0.1) is 18.2 Å². The number of nitrogens with zero attached hydrogens (tertiary/aromatic N) is 3. The van der Waals surface area contributed by atoms with Crippen molar-refractivity contribution in [3.63, 3.8) is 0 Å². The second-order valence-electron chi connectivity index (χ2n) is 8.20. The minimum Gasteiger partial charge on any atom is -0.668 e. The third-order valence-electron chi connectivity index (χ3n) is 5.99.